The van der Waals surface area contributed by atoms with E-state index < -0.39 is 0 Å². The van der Waals surface area contributed by atoms with Crippen molar-refractivity contribution in [2.24, 2.45) is 0 Å². The molecule has 2 aromatic rings. The van der Waals surface area contributed by atoms with Crippen LogP contribution in [0.1, 0.15) is 11.1 Å². The van der Waals surface area contributed by atoms with Crippen LogP contribution in [-0.2, 0) is 13.0 Å². The predicted molar refractivity (Wildman–Crippen MR) is 82.7 cm³/mol. The molecule has 4 heteroatoms. The highest BCUT2D eigenvalue weighted by Crippen LogP contribution is 2.21. The Balaban J connectivity index is 1.79. The fourth-order valence-electron chi connectivity index (χ4n) is 1.78. The third kappa shape index (κ3) is 4.53. The Bertz CT molecular complexity index is 542. The van der Waals surface area contributed by atoms with E-state index in [9.17, 15) is 5.11 Å². The van der Waals surface area contributed by atoms with Crippen molar-refractivity contribution in [3.8, 4) is 5.75 Å². The molecule has 0 fully saturated rings. The summed E-state index contributed by atoms with van der Waals surface area (Å²) in [5.74, 6) is 0.304. The maximum atomic E-state index is 9.20. The number of benzene rings is 2. The molecule has 0 heterocycles. The SMILES string of the molecule is Oc1ccc(CCNCc2ccc(Br)cc2Cl)cc1. The van der Waals surface area contributed by atoms with Gasteiger partial charge in [0.1, 0.15) is 5.75 Å². The summed E-state index contributed by atoms with van der Waals surface area (Å²) in [4.78, 5) is 0. The number of phenolic OH excluding ortho intramolecular Hbond substituents is 1. The average Bonchev–Trinajstić information content (AvgIpc) is 2.39. The summed E-state index contributed by atoms with van der Waals surface area (Å²) in [5.41, 5.74) is 2.29. The highest BCUT2D eigenvalue weighted by atomic mass is 79.9. The molecule has 0 aromatic heterocycles. The van der Waals surface area contributed by atoms with Gasteiger partial charge < -0.3 is 10.4 Å². The molecule has 0 aliphatic carbocycles. The maximum absolute atomic E-state index is 9.20. The minimum Gasteiger partial charge on any atom is -0.508 e. The van der Waals surface area contributed by atoms with Crippen LogP contribution in [0.25, 0.3) is 0 Å². The van der Waals surface area contributed by atoms with Gasteiger partial charge in [-0.2, -0.15) is 0 Å². The molecular weight excluding hydrogens is 326 g/mol. The lowest BCUT2D eigenvalue weighted by molar-refractivity contribution is 0.475. The van der Waals surface area contributed by atoms with Crippen molar-refractivity contribution in [2.75, 3.05) is 6.54 Å². The Morgan fingerprint density at radius 1 is 1.11 bits per heavy atom. The number of aromatic hydroxyl groups is 1. The van der Waals surface area contributed by atoms with Crippen molar-refractivity contribution < 1.29 is 5.11 Å². The van der Waals surface area contributed by atoms with Crippen LogP contribution in [0.5, 0.6) is 5.75 Å². The van der Waals surface area contributed by atoms with E-state index in [1.807, 2.05) is 30.3 Å². The maximum Gasteiger partial charge on any atom is 0.115 e. The Morgan fingerprint density at radius 2 is 1.84 bits per heavy atom. The molecule has 0 saturated heterocycles. The van der Waals surface area contributed by atoms with Crippen molar-refractivity contribution >= 4 is 27.5 Å². The topological polar surface area (TPSA) is 32.3 Å². The Morgan fingerprint density at radius 3 is 2.53 bits per heavy atom. The molecule has 2 nitrogen and oxygen atoms in total. The second-order valence-corrected chi connectivity index (χ2v) is 5.65. The van der Waals surface area contributed by atoms with Gasteiger partial charge in [-0.3, -0.25) is 0 Å². The standard InChI is InChI=1S/C15H15BrClNO/c16-13-4-3-12(15(17)9-13)10-18-8-7-11-1-5-14(19)6-2-11/h1-6,9,18-19H,7-8,10H2. The number of nitrogens with one attached hydrogen (secondary N) is 1. The molecule has 0 unspecified atom stereocenters. The molecule has 0 bridgehead atoms. The smallest absolute Gasteiger partial charge is 0.115 e. The molecule has 0 aliphatic heterocycles. The summed E-state index contributed by atoms with van der Waals surface area (Å²) in [6.45, 7) is 1.63. The number of rotatable bonds is 5. The van der Waals surface area contributed by atoms with E-state index in [0.717, 1.165) is 34.6 Å². The van der Waals surface area contributed by atoms with E-state index in [0.29, 0.717) is 5.75 Å². The zero-order chi connectivity index (χ0) is 13.7. The van der Waals surface area contributed by atoms with Gasteiger partial charge in [0.25, 0.3) is 0 Å². The predicted octanol–water partition coefficient (Wildman–Crippen LogP) is 4.14. The van der Waals surface area contributed by atoms with Crippen LogP contribution >= 0.6 is 27.5 Å². The summed E-state index contributed by atoms with van der Waals surface area (Å²) >= 11 is 9.53. The van der Waals surface area contributed by atoms with E-state index >= 15 is 0 Å². The summed E-state index contributed by atoms with van der Waals surface area (Å²) in [7, 11) is 0. The monoisotopic (exact) mass is 339 g/mol. The lowest BCUT2D eigenvalue weighted by Crippen LogP contribution is -2.16. The van der Waals surface area contributed by atoms with Gasteiger partial charge in [0.2, 0.25) is 0 Å². The Kier molecular flexibility index (Phi) is 5.25. The molecular formula is C15H15BrClNO. The first-order chi connectivity index (χ1) is 9.15. The number of phenols is 1. The molecule has 0 radical (unpaired) electrons. The zero-order valence-corrected chi connectivity index (χ0v) is 12.7. The van der Waals surface area contributed by atoms with Crippen LogP contribution in [0.4, 0.5) is 0 Å². The second-order valence-electron chi connectivity index (χ2n) is 4.33. The van der Waals surface area contributed by atoms with Crippen LogP contribution in [0.3, 0.4) is 0 Å². The van der Waals surface area contributed by atoms with Gasteiger partial charge in [-0.1, -0.05) is 45.7 Å². The highest BCUT2D eigenvalue weighted by molar-refractivity contribution is 9.10. The highest BCUT2D eigenvalue weighted by Gasteiger charge is 2.00. The summed E-state index contributed by atoms with van der Waals surface area (Å²) in [6.07, 6.45) is 0.925. The molecule has 2 rings (SSSR count). The van der Waals surface area contributed by atoms with Gasteiger partial charge in [-0.15, -0.1) is 0 Å². The fourth-order valence-corrected chi connectivity index (χ4v) is 2.52. The van der Waals surface area contributed by atoms with E-state index in [4.69, 9.17) is 11.6 Å². The third-order valence-electron chi connectivity index (χ3n) is 2.86. The molecule has 0 saturated carbocycles. The van der Waals surface area contributed by atoms with Crippen molar-refractivity contribution in [2.45, 2.75) is 13.0 Å². The normalized spacial score (nSPS) is 10.6. The van der Waals surface area contributed by atoms with Gasteiger partial charge >= 0.3 is 0 Å². The quantitative estimate of drug-likeness (QED) is 0.802. The molecule has 2 aromatic carbocycles. The first-order valence-electron chi connectivity index (χ1n) is 6.08. The van der Waals surface area contributed by atoms with Gasteiger partial charge in [0, 0.05) is 16.0 Å². The van der Waals surface area contributed by atoms with E-state index in [1.54, 1.807) is 12.1 Å². The van der Waals surface area contributed by atoms with Gasteiger partial charge in [0.15, 0.2) is 0 Å². The van der Waals surface area contributed by atoms with Crippen molar-refractivity contribution in [3.63, 3.8) is 0 Å². The van der Waals surface area contributed by atoms with Crippen LogP contribution in [0, 0.1) is 0 Å². The number of hydrogen-bond acceptors (Lipinski definition) is 2. The van der Waals surface area contributed by atoms with Crippen LogP contribution in [-0.4, -0.2) is 11.7 Å². The lowest BCUT2D eigenvalue weighted by Gasteiger charge is -2.07. The average molecular weight is 341 g/mol. The van der Waals surface area contributed by atoms with E-state index in [2.05, 4.69) is 21.2 Å². The van der Waals surface area contributed by atoms with Crippen molar-refractivity contribution in [3.05, 3.63) is 63.1 Å². The first-order valence-corrected chi connectivity index (χ1v) is 7.25. The third-order valence-corrected chi connectivity index (χ3v) is 3.70. The lowest BCUT2D eigenvalue weighted by atomic mass is 10.1. The fraction of sp³-hybridized carbons (Fsp3) is 0.200. The van der Waals surface area contributed by atoms with Gasteiger partial charge in [0.05, 0.1) is 0 Å². The largest absolute Gasteiger partial charge is 0.508 e. The first kappa shape index (κ1) is 14.4. The summed E-state index contributed by atoms with van der Waals surface area (Å²) < 4.78 is 0.991. The Labute approximate surface area is 126 Å². The molecule has 2 N–H and O–H groups in total. The minimum atomic E-state index is 0.304. The molecule has 0 amide bonds. The second kappa shape index (κ2) is 6.94. The number of halogens is 2. The molecule has 0 aliphatic rings. The Hall–Kier alpha value is -1.03. The number of hydrogen-bond donors (Lipinski definition) is 2. The molecule has 0 spiro atoms. The van der Waals surface area contributed by atoms with Crippen molar-refractivity contribution in [1.82, 2.24) is 5.32 Å². The molecule has 0 atom stereocenters. The minimum absolute atomic E-state index is 0.304. The summed E-state index contributed by atoms with van der Waals surface area (Å²) in [6, 6.07) is 13.2. The van der Waals surface area contributed by atoms with Gasteiger partial charge in [-0.05, 0) is 48.4 Å². The van der Waals surface area contributed by atoms with Crippen LogP contribution < -0.4 is 5.32 Å². The van der Waals surface area contributed by atoms with E-state index in [-0.39, 0.29) is 0 Å². The van der Waals surface area contributed by atoms with E-state index in [1.165, 1.54) is 5.56 Å². The molecule has 100 valence electrons. The van der Waals surface area contributed by atoms with Gasteiger partial charge in [-0.25, -0.2) is 0 Å². The van der Waals surface area contributed by atoms with Crippen molar-refractivity contribution in [1.29, 1.82) is 0 Å². The van der Waals surface area contributed by atoms with Crippen LogP contribution in [0.15, 0.2) is 46.9 Å². The zero-order valence-electron chi connectivity index (χ0n) is 10.4. The molecule has 19 heavy (non-hydrogen) atoms. The van der Waals surface area contributed by atoms with Crippen LogP contribution in [0.2, 0.25) is 5.02 Å². The summed E-state index contributed by atoms with van der Waals surface area (Å²) in [5, 5.41) is 13.3.